The molecule has 0 unspecified atom stereocenters. The summed E-state index contributed by atoms with van der Waals surface area (Å²) in [7, 11) is -3.51. The number of halogens is 5. The van der Waals surface area contributed by atoms with Crippen LogP contribution in [-0.4, -0.2) is 40.8 Å². The SMILES string of the molecule is CCO[Si](COC(=O)c1c(F)c(F)c(F)c(F)c1F)(OCC)OCC. The second kappa shape index (κ2) is 9.22. The first-order chi connectivity index (χ1) is 11.7. The van der Waals surface area contributed by atoms with Crippen LogP contribution in [0.4, 0.5) is 22.0 Å². The summed E-state index contributed by atoms with van der Waals surface area (Å²) in [6.45, 7) is 5.24. The van der Waals surface area contributed by atoms with Gasteiger partial charge < -0.3 is 18.0 Å². The molecular formula is C14H17F5O5Si. The molecule has 142 valence electrons. The van der Waals surface area contributed by atoms with Crippen molar-refractivity contribution in [1.82, 2.24) is 0 Å². The van der Waals surface area contributed by atoms with E-state index in [1.165, 1.54) is 0 Å². The highest BCUT2D eigenvalue weighted by Gasteiger charge is 2.43. The van der Waals surface area contributed by atoms with Crippen molar-refractivity contribution in [2.45, 2.75) is 20.8 Å². The molecule has 0 spiro atoms. The number of benzene rings is 1. The Kier molecular flexibility index (Phi) is 7.92. The first-order valence-electron chi connectivity index (χ1n) is 7.35. The van der Waals surface area contributed by atoms with Crippen LogP contribution in [0.5, 0.6) is 0 Å². The highest BCUT2D eigenvalue weighted by Crippen LogP contribution is 2.24. The van der Waals surface area contributed by atoms with Crippen molar-refractivity contribution in [3.8, 4) is 0 Å². The molecule has 0 fully saturated rings. The molecule has 1 aromatic rings. The van der Waals surface area contributed by atoms with Crippen LogP contribution >= 0.6 is 0 Å². The fourth-order valence-electron chi connectivity index (χ4n) is 1.92. The largest absolute Gasteiger partial charge is 0.540 e. The summed E-state index contributed by atoms with van der Waals surface area (Å²) in [6, 6.07) is 0. The number of esters is 1. The molecule has 0 N–H and O–H groups in total. The van der Waals surface area contributed by atoms with Gasteiger partial charge in [-0.05, 0) is 20.8 Å². The molecule has 0 radical (unpaired) electrons. The van der Waals surface area contributed by atoms with Crippen molar-refractivity contribution in [2.75, 3.05) is 26.1 Å². The maximum Gasteiger partial charge on any atom is 0.540 e. The van der Waals surface area contributed by atoms with Gasteiger partial charge >= 0.3 is 14.8 Å². The van der Waals surface area contributed by atoms with Gasteiger partial charge in [0, 0.05) is 19.8 Å². The molecule has 0 heterocycles. The van der Waals surface area contributed by atoms with E-state index in [0.29, 0.717) is 0 Å². The van der Waals surface area contributed by atoms with Crippen LogP contribution < -0.4 is 0 Å². The molecule has 0 bridgehead atoms. The Balaban J connectivity index is 3.09. The quantitative estimate of drug-likeness (QED) is 0.214. The van der Waals surface area contributed by atoms with Gasteiger partial charge in [0.2, 0.25) is 5.82 Å². The predicted molar refractivity (Wildman–Crippen MR) is 77.1 cm³/mol. The first kappa shape index (κ1) is 21.5. The Morgan fingerprint density at radius 3 is 1.48 bits per heavy atom. The lowest BCUT2D eigenvalue weighted by Crippen LogP contribution is -2.51. The van der Waals surface area contributed by atoms with Crippen LogP contribution in [0.1, 0.15) is 31.1 Å². The minimum atomic E-state index is -3.51. The van der Waals surface area contributed by atoms with E-state index in [4.69, 9.17) is 13.3 Å². The molecule has 0 aliphatic rings. The van der Waals surface area contributed by atoms with Crippen molar-refractivity contribution >= 4 is 14.8 Å². The third-order valence-electron chi connectivity index (χ3n) is 2.89. The molecule has 11 heteroatoms. The van der Waals surface area contributed by atoms with Crippen molar-refractivity contribution < 1.29 is 44.8 Å². The third kappa shape index (κ3) is 4.75. The summed E-state index contributed by atoms with van der Waals surface area (Å²) in [5.41, 5.74) is -1.69. The van der Waals surface area contributed by atoms with Gasteiger partial charge in [-0.15, -0.1) is 0 Å². The lowest BCUT2D eigenvalue weighted by molar-refractivity contribution is 0.0239. The Bertz CT molecular complexity index is 582. The van der Waals surface area contributed by atoms with E-state index < -0.39 is 55.7 Å². The summed E-state index contributed by atoms with van der Waals surface area (Å²) in [6.07, 6.45) is -0.652. The Hall–Kier alpha value is -1.56. The van der Waals surface area contributed by atoms with E-state index in [-0.39, 0.29) is 19.8 Å². The summed E-state index contributed by atoms with van der Waals surface area (Å²) in [5.74, 6) is -13.2. The fraction of sp³-hybridized carbons (Fsp3) is 0.500. The number of hydrogen-bond acceptors (Lipinski definition) is 5. The number of ether oxygens (including phenoxy) is 1. The van der Waals surface area contributed by atoms with E-state index in [2.05, 4.69) is 4.74 Å². The molecule has 0 atom stereocenters. The lowest BCUT2D eigenvalue weighted by atomic mass is 10.1. The average Bonchev–Trinajstić information content (AvgIpc) is 2.57. The minimum absolute atomic E-state index is 0.131. The lowest BCUT2D eigenvalue weighted by Gasteiger charge is -2.27. The van der Waals surface area contributed by atoms with Gasteiger partial charge in [-0.1, -0.05) is 0 Å². The molecule has 25 heavy (non-hydrogen) atoms. The second-order valence-electron chi connectivity index (χ2n) is 4.50. The van der Waals surface area contributed by atoms with Crippen molar-refractivity contribution in [3.05, 3.63) is 34.6 Å². The zero-order valence-corrected chi connectivity index (χ0v) is 14.8. The van der Waals surface area contributed by atoms with Gasteiger partial charge in [-0.3, -0.25) is 0 Å². The monoisotopic (exact) mass is 388 g/mol. The highest BCUT2D eigenvalue weighted by atomic mass is 28.4. The van der Waals surface area contributed by atoms with Gasteiger partial charge in [0.05, 0.1) is 0 Å². The summed E-state index contributed by atoms with van der Waals surface area (Å²) in [5, 5.41) is 0. The fourth-order valence-corrected chi connectivity index (χ4v) is 4.05. The maximum absolute atomic E-state index is 13.6. The van der Waals surface area contributed by atoms with Crippen LogP contribution in [0.2, 0.25) is 0 Å². The molecular weight excluding hydrogens is 371 g/mol. The summed E-state index contributed by atoms with van der Waals surface area (Å²) in [4.78, 5) is 11.9. The van der Waals surface area contributed by atoms with Gasteiger partial charge in [0.1, 0.15) is 5.56 Å². The Morgan fingerprint density at radius 2 is 1.12 bits per heavy atom. The van der Waals surface area contributed by atoms with Gasteiger partial charge in [-0.25, -0.2) is 26.7 Å². The first-order valence-corrected chi connectivity index (χ1v) is 9.28. The number of carbonyl (C=O) groups is 1. The van der Waals surface area contributed by atoms with Gasteiger partial charge in [-0.2, -0.15) is 0 Å². The maximum atomic E-state index is 13.6. The zero-order chi connectivity index (χ0) is 19.2. The van der Waals surface area contributed by atoms with Crippen molar-refractivity contribution in [3.63, 3.8) is 0 Å². The Labute approximate surface area is 142 Å². The molecule has 1 rings (SSSR count). The van der Waals surface area contributed by atoms with Crippen molar-refractivity contribution in [1.29, 1.82) is 0 Å². The molecule has 0 aliphatic carbocycles. The molecule has 5 nitrogen and oxygen atoms in total. The van der Waals surface area contributed by atoms with E-state index in [1.807, 2.05) is 0 Å². The number of hydrogen-bond donors (Lipinski definition) is 0. The molecule has 0 saturated carbocycles. The van der Waals surface area contributed by atoms with E-state index >= 15 is 0 Å². The third-order valence-corrected chi connectivity index (χ3v) is 5.57. The smallest absolute Gasteiger partial charge is 0.457 e. The van der Waals surface area contributed by atoms with E-state index in [1.54, 1.807) is 20.8 Å². The van der Waals surface area contributed by atoms with Crippen LogP contribution in [-0.2, 0) is 18.0 Å². The predicted octanol–water partition coefficient (Wildman–Crippen LogP) is 3.13. The molecule has 0 saturated heterocycles. The summed E-state index contributed by atoms with van der Waals surface area (Å²) < 4.78 is 87.3. The zero-order valence-electron chi connectivity index (χ0n) is 13.8. The Morgan fingerprint density at radius 1 is 0.760 bits per heavy atom. The summed E-state index contributed by atoms with van der Waals surface area (Å²) >= 11 is 0. The van der Waals surface area contributed by atoms with Crippen LogP contribution in [0.25, 0.3) is 0 Å². The van der Waals surface area contributed by atoms with Crippen molar-refractivity contribution in [2.24, 2.45) is 0 Å². The molecule has 0 aromatic heterocycles. The normalized spacial score (nSPS) is 11.7. The number of carbonyl (C=O) groups excluding carboxylic acids is 1. The standard InChI is InChI=1S/C14H17F5O5Si/c1-4-22-25(23-5-2,24-6-3)7-21-14(20)8-9(15)11(17)13(19)12(18)10(8)16/h4-7H2,1-3H3. The molecule has 0 aliphatic heterocycles. The number of rotatable bonds is 9. The van der Waals surface area contributed by atoms with Crippen LogP contribution in [0, 0.1) is 29.1 Å². The average molecular weight is 388 g/mol. The van der Waals surface area contributed by atoms with Crippen LogP contribution in [0.15, 0.2) is 0 Å². The van der Waals surface area contributed by atoms with E-state index in [9.17, 15) is 26.7 Å². The van der Waals surface area contributed by atoms with E-state index in [0.717, 1.165) is 0 Å². The van der Waals surface area contributed by atoms with Crippen LogP contribution in [0.3, 0.4) is 0 Å². The topological polar surface area (TPSA) is 54.0 Å². The second-order valence-corrected chi connectivity index (χ2v) is 7.02. The highest BCUT2D eigenvalue weighted by molar-refractivity contribution is 6.60. The minimum Gasteiger partial charge on any atom is -0.457 e. The van der Waals surface area contributed by atoms with Gasteiger partial charge in [0.15, 0.2) is 29.5 Å². The molecule has 0 amide bonds. The van der Waals surface area contributed by atoms with Gasteiger partial charge in [0.25, 0.3) is 0 Å². The molecule has 1 aromatic carbocycles.